The normalized spacial score (nSPS) is 17.2. The van der Waals surface area contributed by atoms with Gasteiger partial charge in [0.2, 0.25) is 0 Å². The minimum atomic E-state index is -0.515. The smallest absolute Gasteiger partial charge is 0.408 e. The molecule has 2 heterocycles. The number of ether oxygens (including phenoxy) is 2. The second-order valence-corrected chi connectivity index (χ2v) is 5.98. The molecule has 1 unspecified atom stereocenters. The van der Waals surface area contributed by atoms with Crippen LogP contribution in [0.1, 0.15) is 51.0 Å². The first kappa shape index (κ1) is 14.7. The molecule has 1 amide bonds. The Kier molecular flexibility index (Phi) is 4.23. The van der Waals surface area contributed by atoms with E-state index in [0.717, 1.165) is 18.8 Å². The summed E-state index contributed by atoms with van der Waals surface area (Å²) in [6, 6.07) is -0.295. The number of carbonyl (C=O) groups is 1. The van der Waals surface area contributed by atoms with Gasteiger partial charge < -0.3 is 14.8 Å². The lowest BCUT2D eigenvalue weighted by Gasteiger charge is -2.26. The van der Waals surface area contributed by atoms with Gasteiger partial charge in [0.15, 0.2) is 0 Å². The van der Waals surface area contributed by atoms with Gasteiger partial charge in [-0.25, -0.2) is 14.8 Å². The second kappa shape index (κ2) is 5.75. The number of alkyl carbamates (subject to hydrolysis) is 1. The molecule has 0 bridgehead atoms. The van der Waals surface area contributed by atoms with Crippen LogP contribution in [0.4, 0.5) is 4.79 Å². The molecule has 1 atom stereocenters. The van der Waals surface area contributed by atoms with Crippen molar-refractivity contribution >= 4 is 6.09 Å². The minimum absolute atomic E-state index is 0.295. The Labute approximate surface area is 118 Å². The quantitative estimate of drug-likeness (QED) is 0.918. The molecule has 0 radical (unpaired) electrons. The molecule has 2 rings (SSSR count). The highest BCUT2D eigenvalue weighted by Gasteiger charge is 2.22. The molecule has 20 heavy (non-hydrogen) atoms. The van der Waals surface area contributed by atoms with E-state index in [1.165, 1.54) is 0 Å². The number of amides is 1. The molecular weight excluding hydrogens is 258 g/mol. The first-order valence-electron chi connectivity index (χ1n) is 6.74. The Morgan fingerprint density at radius 1 is 1.40 bits per heavy atom. The van der Waals surface area contributed by atoms with Crippen molar-refractivity contribution in [3.63, 3.8) is 0 Å². The Bertz CT molecular complexity index is 464. The van der Waals surface area contributed by atoms with Crippen LogP contribution in [0.5, 0.6) is 0 Å². The molecule has 1 aliphatic rings. The molecule has 1 aromatic rings. The van der Waals surface area contributed by atoms with Crippen molar-refractivity contribution in [3.05, 3.63) is 23.8 Å². The van der Waals surface area contributed by atoms with E-state index in [1.807, 2.05) is 27.7 Å². The van der Waals surface area contributed by atoms with Crippen molar-refractivity contribution in [2.24, 2.45) is 0 Å². The molecule has 1 saturated heterocycles. The zero-order valence-electron chi connectivity index (χ0n) is 12.3. The standard InChI is InChI=1S/C14H21N3O3/c1-9(17-13(18)20-14(2,3)4)12-15-5-10(6-16-12)11-7-19-8-11/h5-6,9,11H,7-8H2,1-4H3,(H,17,18). The largest absolute Gasteiger partial charge is 0.444 e. The van der Waals surface area contributed by atoms with Crippen LogP contribution in [0.15, 0.2) is 12.4 Å². The Morgan fingerprint density at radius 2 is 2.00 bits per heavy atom. The molecule has 0 saturated carbocycles. The van der Waals surface area contributed by atoms with Crippen molar-refractivity contribution in [2.75, 3.05) is 13.2 Å². The second-order valence-electron chi connectivity index (χ2n) is 5.98. The lowest BCUT2D eigenvalue weighted by molar-refractivity contribution is 0.00812. The van der Waals surface area contributed by atoms with Gasteiger partial charge in [0.05, 0.1) is 19.3 Å². The van der Waals surface area contributed by atoms with Crippen molar-refractivity contribution in [2.45, 2.75) is 45.3 Å². The van der Waals surface area contributed by atoms with Crippen LogP contribution in [0.25, 0.3) is 0 Å². The van der Waals surface area contributed by atoms with Crippen LogP contribution in [-0.4, -0.2) is 34.9 Å². The van der Waals surface area contributed by atoms with Gasteiger partial charge in [0, 0.05) is 18.3 Å². The van der Waals surface area contributed by atoms with E-state index < -0.39 is 11.7 Å². The maximum atomic E-state index is 11.7. The van der Waals surface area contributed by atoms with Gasteiger partial charge in [0.25, 0.3) is 0 Å². The molecule has 6 nitrogen and oxygen atoms in total. The molecule has 0 spiro atoms. The highest BCUT2D eigenvalue weighted by atomic mass is 16.6. The van der Waals surface area contributed by atoms with Gasteiger partial charge in [-0.2, -0.15) is 0 Å². The summed E-state index contributed by atoms with van der Waals surface area (Å²) in [5.74, 6) is 0.970. The fraction of sp³-hybridized carbons (Fsp3) is 0.643. The highest BCUT2D eigenvalue weighted by molar-refractivity contribution is 5.68. The summed E-state index contributed by atoms with van der Waals surface area (Å²) >= 11 is 0. The van der Waals surface area contributed by atoms with Gasteiger partial charge in [-0.05, 0) is 33.3 Å². The van der Waals surface area contributed by atoms with Gasteiger partial charge in [-0.15, -0.1) is 0 Å². The molecule has 1 aromatic heterocycles. The third-order valence-electron chi connectivity index (χ3n) is 2.92. The zero-order valence-corrected chi connectivity index (χ0v) is 12.3. The van der Waals surface area contributed by atoms with Crippen molar-refractivity contribution < 1.29 is 14.3 Å². The summed E-state index contributed by atoms with van der Waals surface area (Å²) in [5, 5.41) is 2.72. The van der Waals surface area contributed by atoms with E-state index >= 15 is 0 Å². The average molecular weight is 279 g/mol. The first-order chi connectivity index (χ1) is 9.35. The van der Waals surface area contributed by atoms with E-state index in [2.05, 4.69) is 15.3 Å². The van der Waals surface area contributed by atoms with Crippen LogP contribution in [0.2, 0.25) is 0 Å². The summed E-state index contributed by atoms with van der Waals surface area (Å²) in [6.07, 6.45) is 3.12. The number of rotatable bonds is 3. The molecule has 0 aliphatic carbocycles. The summed E-state index contributed by atoms with van der Waals surface area (Å²) in [4.78, 5) is 20.3. The first-order valence-corrected chi connectivity index (χ1v) is 6.74. The molecule has 1 aliphatic heterocycles. The molecule has 1 N–H and O–H groups in total. The summed E-state index contributed by atoms with van der Waals surface area (Å²) in [7, 11) is 0. The SMILES string of the molecule is CC(NC(=O)OC(C)(C)C)c1ncc(C2COC2)cn1. The number of nitrogens with zero attached hydrogens (tertiary/aromatic N) is 2. The molecule has 1 fully saturated rings. The van der Waals surface area contributed by atoms with Gasteiger partial charge in [0.1, 0.15) is 11.4 Å². The highest BCUT2D eigenvalue weighted by Crippen LogP contribution is 2.22. The Balaban J connectivity index is 1.91. The van der Waals surface area contributed by atoms with E-state index in [-0.39, 0.29) is 6.04 Å². The summed E-state index contributed by atoms with van der Waals surface area (Å²) in [5.41, 5.74) is 0.558. The van der Waals surface area contributed by atoms with Crippen LogP contribution in [0.3, 0.4) is 0 Å². The third kappa shape index (κ3) is 3.90. The molecule has 0 aromatic carbocycles. The fourth-order valence-corrected chi connectivity index (χ4v) is 1.76. The number of aromatic nitrogens is 2. The minimum Gasteiger partial charge on any atom is -0.444 e. The van der Waals surface area contributed by atoms with Gasteiger partial charge >= 0.3 is 6.09 Å². The summed E-state index contributed by atoms with van der Waals surface area (Å²) < 4.78 is 10.3. The van der Waals surface area contributed by atoms with E-state index in [0.29, 0.717) is 11.7 Å². The number of hydrogen-bond acceptors (Lipinski definition) is 5. The maximum Gasteiger partial charge on any atom is 0.408 e. The topological polar surface area (TPSA) is 73.3 Å². The fourth-order valence-electron chi connectivity index (χ4n) is 1.76. The average Bonchev–Trinajstić information content (AvgIpc) is 2.24. The number of carbonyl (C=O) groups excluding carboxylic acids is 1. The Hall–Kier alpha value is -1.69. The lowest BCUT2D eigenvalue weighted by Crippen LogP contribution is -2.34. The van der Waals surface area contributed by atoms with Gasteiger partial charge in [-0.3, -0.25) is 0 Å². The maximum absolute atomic E-state index is 11.7. The van der Waals surface area contributed by atoms with E-state index in [4.69, 9.17) is 9.47 Å². The van der Waals surface area contributed by atoms with E-state index in [1.54, 1.807) is 12.4 Å². The predicted octanol–water partition coefficient (Wildman–Crippen LogP) is 2.18. The number of nitrogens with one attached hydrogen (secondary N) is 1. The third-order valence-corrected chi connectivity index (χ3v) is 2.92. The molecule has 6 heteroatoms. The lowest BCUT2D eigenvalue weighted by atomic mass is 10.0. The predicted molar refractivity (Wildman–Crippen MR) is 73.4 cm³/mol. The van der Waals surface area contributed by atoms with Crippen LogP contribution in [0, 0.1) is 0 Å². The van der Waals surface area contributed by atoms with Crippen molar-refractivity contribution in [1.29, 1.82) is 0 Å². The monoisotopic (exact) mass is 279 g/mol. The van der Waals surface area contributed by atoms with Crippen molar-refractivity contribution in [1.82, 2.24) is 15.3 Å². The van der Waals surface area contributed by atoms with E-state index in [9.17, 15) is 4.79 Å². The van der Waals surface area contributed by atoms with Crippen LogP contribution < -0.4 is 5.32 Å². The van der Waals surface area contributed by atoms with Crippen LogP contribution in [-0.2, 0) is 9.47 Å². The zero-order chi connectivity index (χ0) is 14.8. The molecular formula is C14H21N3O3. The van der Waals surface area contributed by atoms with Gasteiger partial charge in [-0.1, -0.05) is 0 Å². The number of hydrogen-bond donors (Lipinski definition) is 1. The summed E-state index contributed by atoms with van der Waals surface area (Å²) in [6.45, 7) is 8.75. The van der Waals surface area contributed by atoms with Crippen molar-refractivity contribution in [3.8, 4) is 0 Å². The van der Waals surface area contributed by atoms with Crippen LogP contribution >= 0.6 is 0 Å². The Morgan fingerprint density at radius 3 is 2.45 bits per heavy atom. The molecule has 110 valence electrons.